The number of likely N-dealkylation sites (tertiary alicyclic amines) is 1. The quantitative estimate of drug-likeness (QED) is 0.667. The zero-order chi connectivity index (χ0) is 20.9. The fourth-order valence-corrected chi connectivity index (χ4v) is 4.19. The highest BCUT2D eigenvalue weighted by Gasteiger charge is 2.37. The first kappa shape index (κ1) is 19.2. The molecule has 0 aliphatic carbocycles. The number of rotatable bonds is 3. The minimum atomic E-state index is -0.478. The largest absolute Gasteiger partial charge is 0.447 e. The van der Waals surface area contributed by atoms with Crippen molar-refractivity contribution in [2.24, 2.45) is 14.1 Å². The monoisotopic (exact) mass is 404 g/mol. The van der Waals surface area contributed by atoms with Crippen LogP contribution in [0.2, 0.25) is 0 Å². The summed E-state index contributed by atoms with van der Waals surface area (Å²) < 4.78 is 8.88. The molecule has 2 amide bonds. The summed E-state index contributed by atoms with van der Waals surface area (Å²) >= 11 is 0. The number of hydrogen-bond acceptors (Lipinski definition) is 6. The highest BCUT2D eigenvalue weighted by Crippen LogP contribution is 2.24. The molecule has 29 heavy (non-hydrogen) atoms. The van der Waals surface area contributed by atoms with Crippen molar-refractivity contribution in [2.75, 3.05) is 19.7 Å². The van der Waals surface area contributed by atoms with Crippen LogP contribution in [0.5, 0.6) is 0 Å². The Morgan fingerprint density at radius 2 is 1.86 bits per heavy atom. The summed E-state index contributed by atoms with van der Waals surface area (Å²) in [6.07, 6.45) is 2.50. The number of aryl methyl sites for hydroxylation is 1. The molecule has 2 saturated heterocycles. The summed E-state index contributed by atoms with van der Waals surface area (Å²) in [5, 5.41) is 0. The molecular formula is C18H24N6O5. The second-order valence-corrected chi connectivity index (χ2v) is 7.70. The zero-order valence-corrected chi connectivity index (χ0v) is 16.7. The SMILES string of the molecule is CC1COC(=O)N1C1CCN(C(=O)Cn2cnc3c2c(=O)n(C)c(=O)n3C)CC1. The Labute approximate surface area is 166 Å². The summed E-state index contributed by atoms with van der Waals surface area (Å²) in [7, 11) is 2.94. The van der Waals surface area contributed by atoms with Gasteiger partial charge in [0.1, 0.15) is 13.2 Å². The van der Waals surface area contributed by atoms with E-state index < -0.39 is 11.2 Å². The molecule has 2 fully saturated rings. The summed E-state index contributed by atoms with van der Waals surface area (Å²) in [6, 6.07) is 0.120. The molecule has 4 heterocycles. The fourth-order valence-electron chi connectivity index (χ4n) is 4.19. The van der Waals surface area contributed by atoms with Gasteiger partial charge in [0.15, 0.2) is 11.2 Å². The minimum Gasteiger partial charge on any atom is -0.447 e. The van der Waals surface area contributed by atoms with Crippen molar-refractivity contribution >= 4 is 23.2 Å². The van der Waals surface area contributed by atoms with E-state index >= 15 is 0 Å². The standard InChI is InChI=1S/C18H24N6O5/c1-11-9-29-18(28)24(11)12-4-6-22(7-5-12)13(25)8-23-10-19-15-14(23)16(26)21(3)17(27)20(15)2/h10-12H,4-9H2,1-3H3. The molecule has 2 aromatic heterocycles. The van der Waals surface area contributed by atoms with Crippen molar-refractivity contribution in [3.63, 3.8) is 0 Å². The summed E-state index contributed by atoms with van der Waals surface area (Å²) in [5.74, 6) is -0.129. The maximum absolute atomic E-state index is 12.8. The molecule has 4 rings (SSSR count). The van der Waals surface area contributed by atoms with Crippen LogP contribution in [0.15, 0.2) is 15.9 Å². The van der Waals surface area contributed by atoms with E-state index in [-0.39, 0.29) is 41.8 Å². The van der Waals surface area contributed by atoms with E-state index in [1.165, 1.54) is 22.5 Å². The highest BCUT2D eigenvalue weighted by atomic mass is 16.6. The minimum absolute atomic E-state index is 0.0310. The molecule has 0 spiro atoms. The Morgan fingerprint density at radius 3 is 2.48 bits per heavy atom. The average molecular weight is 404 g/mol. The number of carbonyl (C=O) groups is 2. The first-order valence-corrected chi connectivity index (χ1v) is 9.63. The van der Waals surface area contributed by atoms with Crippen molar-refractivity contribution in [3.05, 3.63) is 27.2 Å². The number of ether oxygens (including phenoxy) is 1. The van der Waals surface area contributed by atoms with Crippen molar-refractivity contribution in [1.82, 2.24) is 28.5 Å². The lowest BCUT2D eigenvalue weighted by atomic mass is 10.0. The second-order valence-electron chi connectivity index (χ2n) is 7.70. The van der Waals surface area contributed by atoms with Crippen LogP contribution in [-0.2, 0) is 30.2 Å². The van der Waals surface area contributed by atoms with Crippen molar-refractivity contribution < 1.29 is 14.3 Å². The molecule has 2 aliphatic rings. The third-order valence-corrected chi connectivity index (χ3v) is 5.87. The molecule has 1 atom stereocenters. The summed E-state index contributed by atoms with van der Waals surface area (Å²) in [4.78, 5) is 56.9. The maximum atomic E-state index is 12.8. The van der Waals surface area contributed by atoms with Gasteiger partial charge in [-0.25, -0.2) is 14.6 Å². The van der Waals surface area contributed by atoms with Crippen LogP contribution >= 0.6 is 0 Å². The Morgan fingerprint density at radius 1 is 1.17 bits per heavy atom. The number of aromatic nitrogens is 4. The topological polar surface area (TPSA) is 112 Å². The van der Waals surface area contributed by atoms with Crippen LogP contribution in [0.3, 0.4) is 0 Å². The molecule has 0 N–H and O–H groups in total. The number of fused-ring (bicyclic) bond motifs is 1. The van der Waals surface area contributed by atoms with Gasteiger partial charge < -0.3 is 14.2 Å². The van der Waals surface area contributed by atoms with Gasteiger partial charge in [0.05, 0.1) is 12.4 Å². The van der Waals surface area contributed by atoms with Gasteiger partial charge in [0, 0.05) is 33.2 Å². The Bertz CT molecular complexity index is 1090. The van der Waals surface area contributed by atoms with Crippen LogP contribution in [0.25, 0.3) is 11.2 Å². The van der Waals surface area contributed by atoms with Crippen LogP contribution in [0.1, 0.15) is 19.8 Å². The van der Waals surface area contributed by atoms with Gasteiger partial charge in [-0.2, -0.15) is 0 Å². The number of carbonyl (C=O) groups excluding carboxylic acids is 2. The number of hydrogen-bond donors (Lipinski definition) is 0. The lowest BCUT2D eigenvalue weighted by Crippen LogP contribution is -2.49. The van der Waals surface area contributed by atoms with Crippen molar-refractivity contribution in [3.8, 4) is 0 Å². The smallest absolute Gasteiger partial charge is 0.410 e. The number of nitrogens with zero attached hydrogens (tertiary/aromatic N) is 6. The zero-order valence-electron chi connectivity index (χ0n) is 16.7. The highest BCUT2D eigenvalue weighted by molar-refractivity contribution is 5.79. The summed E-state index contributed by atoms with van der Waals surface area (Å²) in [5.41, 5.74) is -0.456. The molecular weight excluding hydrogens is 380 g/mol. The van der Waals surface area contributed by atoms with E-state index in [1.54, 1.807) is 16.8 Å². The molecule has 0 radical (unpaired) electrons. The molecule has 156 valence electrons. The van der Waals surface area contributed by atoms with Crippen LogP contribution < -0.4 is 11.2 Å². The Hall–Kier alpha value is -3.11. The first-order valence-electron chi connectivity index (χ1n) is 9.63. The molecule has 11 heteroatoms. The predicted molar refractivity (Wildman–Crippen MR) is 102 cm³/mol. The van der Waals surface area contributed by atoms with Gasteiger partial charge in [0.2, 0.25) is 5.91 Å². The van der Waals surface area contributed by atoms with E-state index in [9.17, 15) is 19.2 Å². The molecule has 2 aliphatic heterocycles. The molecule has 11 nitrogen and oxygen atoms in total. The van der Waals surface area contributed by atoms with Gasteiger partial charge in [-0.15, -0.1) is 0 Å². The number of amides is 2. The van der Waals surface area contributed by atoms with Crippen molar-refractivity contribution in [2.45, 2.75) is 38.4 Å². The van der Waals surface area contributed by atoms with Crippen LogP contribution in [-0.4, -0.2) is 72.3 Å². The molecule has 0 bridgehead atoms. The first-order chi connectivity index (χ1) is 13.8. The molecule has 2 aromatic rings. The van der Waals surface area contributed by atoms with Gasteiger partial charge in [-0.3, -0.25) is 23.6 Å². The molecule has 1 unspecified atom stereocenters. The fraction of sp³-hybridized carbons (Fsp3) is 0.611. The number of imidazole rings is 1. The predicted octanol–water partition coefficient (Wildman–Crippen LogP) is -0.735. The molecule has 0 aromatic carbocycles. The summed E-state index contributed by atoms with van der Waals surface area (Å²) in [6.45, 7) is 3.40. The van der Waals surface area contributed by atoms with Crippen molar-refractivity contribution in [1.29, 1.82) is 0 Å². The lowest BCUT2D eigenvalue weighted by Gasteiger charge is -2.37. The van der Waals surface area contributed by atoms with Gasteiger partial charge in [-0.1, -0.05) is 0 Å². The third kappa shape index (κ3) is 3.10. The second kappa shape index (κ2) is 7.05. The average Bonchev–Trinajstić information content (AvgIpc) is 3.28. The van der Waals surface area contributed by atoms with E-state index in [0.29, 0.717) is 32.5 Å². The Balaban J connectivity index is 1.48. The van der Waals surface area contributed by atoms with Gasteiger partial charge in [0.25, 0.3) is 5.56 Å². The van der Waals surface area contributed by atoms with Gasteiger partial charge in [-0.05, 0) is 19.8 Å². The van der Waals surface area contributed by atoms with E-state index in [1.807, 2.05) is 6.92 Å². The van der Waals surface area contributed by atoms with E-state index in [2.05, 4.69) is 4.98 Å². The van der Waals surface area contributed by atoms with Crippen LogP contribution in [0.4, 0.5) is 4.79 Å². The maximum Gasteiger partial charge on any atom is 0.410 e. The van der Waals surface area contributed by atoms with E-state index in [0.717, 1.165) is 4.57 Å². The molecule has 0 saturated carbocycles. The number of piperidine rings is 1. The van der Waals surface area contributed by atoms with Crippen LogP contribution in [0, 0.1) is 0 Å². The van der Waals surface area contributed by atoms with E-state index in [4.69, 9.17) is 4.74 Å². The van der Waals surface area contributed by atoms with Gasteiger partial charge >= 0.3 is 11.8 Å². The third-order valence-electron chi connectivity index (χ3n) is 5.87. The normalized spacial score (nSPS) is 20.5. The number of cyclic esters (lactones) is 1. The lowest BCUT2D eigenvalue weighted by molar-refractivity contribution is -0.133. The Kier molecular flexibility index (Phi) is 4.67.